The molecule has 1 amide bonds. The minimum absolute atomic E-state index is 0.170. The molecule has 0 saturated heterocycles. The molecule has 0 saturated carbocycles. The normalized spacial score (nSPS) is 10.9. The van der Waals surface area contributed by atoms with Crippen LogP contribution in [0.1, 0.15) is 58.3 Å². The maximum absolute atomic E-state index is 10.4. The SMILES string of the molecule is CC/C=C/CCCCCCCC(N)=O. The molecule has 0 aromatic rings. The third-order valence-corrected chi connectivity index (χ3v) is 2.20. The first-order valence-electron chi connectivity index (χ1n) is 5.70. The van der Waals surface area contributed by atoms with E-state index in [2.05, 4.69) is 19.1 Å². The summed E-state index contributed by atoms with van der Waals surface area (Å²) in [7, 11) is 0. The van der Waals surface area contributed by atoms with Crippen molar-refractivity contribution in [3.63, 3.8) is 0 Å². The highest BCUT2D eigenvalue weighted by atomic mass is 16.1. The Bertz CT molecular complexity index is 164. The molecule has 0 heterocycles. The summed E-state index contributed by atoms with van der Waals surface area (Å²) >= 11 is 0. The van der Waals surface area contributed by atoms with Gasteiger partial charge in [-0.3, -0.25) is 4.79 Å². The molecule has 82 valence electrons. The first-order valence-corrected chi connectivity index (χ1v) is 5.70. The maximum Gasteiger partial charge on any atom is 0.217 e. The predicted molar refractivity (Wildman–Crippen MR) is 60.9 cm³/mol. The van der Waals surface area contributed by atoms with Gasteiger partial charge in [-0.25, -0.2) is 0 Å². The topological polar surface area (TPSA) is 43.1 Å². The standard InChI is InChI=1S/C12H23NO/c1-2-3-4-5-6-7-8-9-10-11-12(13)14/h3-4H,2,5-11H2,1H3,(H2,13,14)/b4-3+. The summed E-state index contributed by atoms with van der Waals surface area (Å²) in [5, 5.41) is 0. The second kappa shape index (κ2) is 10.3. The number of hydrogen-bond donors (Lipinski definition) is 1. The minimum Gasteiger partial charge on any atom is -0.370 e. The van der Waals surface area contributed by atoms with Crippen molar-refractivity contribution >= 4 is 5.91 Å². The van der Waals surface area contributed by atoms with Gasteiger partial charge in [-0.1, -0.05) is 38.3 Å². The zero-order chi connectivity index (χ0) is 10.6. The van der Waals surface area contributed by atoms with Crippen molar-refractivity contribution in [2.75, 3.05) is 0 Å². The van der Waals surface area contributed by atoms with Gasteiger partial charge >= 0.3 is 0 Å². The molecule has 0 radical (unpaired) electrons. The summed E-state index contributed by atoms with van der Waals surface area (Å²) in [4.78, 5) is 10.4. The van der Waals surface area contributed by atoms with E-state index in [0.29, 0.717) is 6.42 Å². The number of unbranched alkanes of at least 4 members (excludes halogenated alkanes) is 5. The summed E-state index contributed by atoms with van der Waals surface area (Å²) in [6.45, 7) is 2.15. The van der Waals surface area contributed by atoms with Crippen molar-refractivity contribution in [2.45, 2.75) is 58.3 Å². The van der Waals surface area contributed by atoms with E-state index in [1.54, 1.807) is 0 Å². The summed E-state index contributed by atoms with van der Waals surface area (Å²) in [6, 6.07) is 0. The number of primary amides is 1. The highest BCUT2D eigenvalue weighted by Crippen LogP contribution is 2.07. The highest BCUT2D eigenvalue weighted by Gasteiger charge is 1.93. The zero-order valence-electron chi connectivity index (χ0n) is 9.30. The Morgan fingerprint density at radius 3 is 2.36 bits per heavy atom. The fourth-order valence-electron chi connectivity index (χ4n) is 1.38. The number of carbonyl (C=O) groups excluding carboxylic acids is 1. The predicted octanol–water partition coefficient (Wildman–Crippen LogP) is 3.17. The first kappa shape index (κ1) is 13.2. The van der Waals surface area contributed by atoms with Crippen LogP contribution < -0.4 is 5.73 Å². The van der Waals surface area contributed by atoms with Gasteiger partial charge in [0.05, 0.1) is 0 Å². The Labute approximate surface area is 87.6 Å². The van der Waals surface area contributed by atoms with Gasteiger partial charge in [0.15, 0.2) is 0 Å². The number of rotatable bonds is 9. The maximum atomic E-state index is 10.4. The van der Waals surface area contributed by atoms with Crippen LogP contribution in [0.3, 0.4) is 0 Å². The minimum atomic E-state index is -0.170. The van der Waals surface area contributed by atoms with Crippen LogP contribution in [0.4, 0.5) is 0 Å². The molecule has 0 bridgehead atoms. The lowest BCUT2D eigenvalue weighted by Gasteiger charge is -1.98. The molecule has 0 atom stereocenters. The third kappa shape index (κ3) is 11.2. The van der Waals surface area contributed by atoms with E-state index in [9.17, 15) is 4.79 Å². The van der Waals surface area contributed by atoms with Gasteiger partial charge in [0, 0.05) is 6.42 Å². The molecular formula is C12H23NO. The fourth-order valence-corrected chi connectivity index (χ4v) is 1.38. The van der Waals surface area contributed by atoms with Crippen LogP contribution in [0.25, 0.3) is 0 Å². The molecule has 0 aliphatic heterocycles. The first-order chi connectivity index (χ1) is 6.77. The van der Waals surface area contributed by atoms with E-state index in [-0.39, 0.29) is 5.91 Å². The van der Waals surface area contributed by atoms with Crippen LogP contribution in [0.2, 0.25) is 0 Å². The van der Waals surface area contributed by atoms with E-state index < -0.39 is 0 Å². The molecule has 2 nitrogen and oxygen atoms in total. The highest BCUT2D eigenvalue weighted by molar-refractivity contribution is 5.73. The molecule has 0 spiro atoms. The Kier molecular flexibility index (Phi) is 9.71. The Balaban J connectivity index is 2.99. The molecule has 0 aliphatic rings. The third-order valence-electron chi connectivity index (χ3n) is 2.20. The molecular weight excluding hydrogens is 174 g/mol. The molecule has 0 aromatic carbocycles. The van der Waals surface area contributed by atoms with Crippen molar-refractivity contribution in [1.29, 1.82) is 0 Å². The lowest BCUT2D eigenvalue weighted by molar-refractivity contribution is -0.118. The van der Waals surface area contributed by atoms with Crippen LogP contribution >= 0.6 is 0 Å². The Hall–Kier alpha value is -0.790. The largest absolute Gasteiger partial charge is 0.370 e. The average molecular weight is 197 g/mol. The average Bonchev–Trinajstić information content (AvgIpc) is 2.15. The van der Waals surface area contributed by atoms with E-state index in [1.807, 2.05) is 0 Å². The zero-order valence-corrected chi connectivity index (χ0v) is 9.30. The smallest absolute Gasteiger partial charge is 0.217 e. The van der Waals surface area contributed by atoms with Crippen molar-refractivity contribution in [3.8, 4) is 0 Å². The van der Waals surface area contributed by atoms with E-state index >= 15 is 0 Å². The molecule has 0 aromatic heterocycles. The molecule has 14 heavy (non-hydrogen) atoms. The van der Waals surface area contributed by atoms with Gasteiger partial charge < -0.3 is 5.73 Å². The van der Waals surface area contributed by atoms with Gasteiger partial charge in [0.25, 0.3) is 0 Å². The Morgan fingerprint density at radius 1 is 1.07 bits per heavy atom. The second-order valence-corrected chi connectivity index (χ2v) is 3.65. The number of hydrogen-bond acceptors (Lipinski definition) is 1. The van der Waals surface area contributed by atoms with Gasteiger partial charge in [-0.2, -0.15) is 0 Å². The monoisotopic (exact) mass is 197 g/mol. The quantitative estimate of drug-likeness (QED) is 0.448. The summed E-state index contributed by atoms with van der Waals surface area (Å²) in [5.41, 5.74) is 5.04. The summed E-state index contributed by atoms with van der Waals surface area (Å²) in [5.74, 6) is -0.170. The number of allylic oxidation sites excluding steroid dienone is 2. The van der Waals surface area contributed by atoms with Crippen LogP contribution in [0, 0.1) is 0 Å². The number of nitrogens with two attached hydrogens (primary N) is 1. The van der Waals surface area contributed by atoms with Crippen molar-refractivity contribution in [1.82, 2.24) is 0 Å². The van der Waals surface area contributed by atoms with E-state index in [1.165, 1.54) is 25.7 Å². The lowest BCUT2D eigenvalue weighted by atomic mass is 10.1. The van der Waals surface area contributed by atoms with Gasteiger partial charge in [0.2, 0.25) is 5.91 Å². The van der Waals surface area contributed by atoms with Crippen molar-refractivity contribution in [2.24, 2.45) is 5.73 Å². The van der Waals surface area contributed by atoms with Crippen molar-refractivity contribution < 1.29 is 4.79 Å². The van der Waals surface area contributed by atoms with Crippen LogP contribution in [0.5, 0.6) is 0 Å². The summed E-state index contributed by atoms with van der Waals surface area (Å²) in [6.07, 6.45) is 13.2. The molecule has 0 aliphatic carbocycles. The van der Waals surface area contributed by atoms with Gasteiger partial charge in [-0.05, 0) is 25.7 Å². The van der Waals surface area contributed by atoms with Gasteiger partial charge in [-0.15, -0.1) is 0 Å². The van der Waals surface area contributed by atoms with Crippen LogP contribution in [-0.4, -0.2) is 5.91 Å². The molecule has 0 unspecified atom stereocenters. The van der Waals surface area contributed by atoms with E-state index in [0.717, 1.165) is 19.3 Å². The van der Waals surface area contributed by atoms with Crippen LogP contribution in [-0.2, 0) is 4.79 Å². The van der Waals surface area contributed by atoms with E-state index in [4.69, 9.17) is 5.73 Å². The second-order valence-electron chi connectivity index (χ2n) is 3.65. The van der Waals surface area contributed by atoms with Gasteiger partial charge in [0.1, 0.15) is 0 Å². The molecule has 2 N–H and O–H groups in total. The van der Waals surface area contributed by atoms with Crippen molar-refractivity contribution in [3.05, 3.63) is 12.2 Å². The molecule has 0 rings (SSSR count). The molecule has 0 fully saturated rings. The number of carbonyl (C=O) groups is 1. The lowest BCUT2D eigenvalue weighted by Crippen LogP contribution is -2.09. The number of amides is 1. The molecule has 2 heteroatoms. The van der Waals surface area contributed by atoms with Crippen LogP contribution in [0.15, 0.2) is 12.2 Å². The Morgan fingerprint density at radius 2 is 1.71 bits per heavy atom. The summed E-state index contributed by atoms with van der Waals surface area (Å²) < 4.78 is 0. The fraction of sp³-hybridized carbons (Fsp3) is 0.750.